The van der Waals surface area contributed by atoms with E-state index in [0.29, 0.717) is 25.3 Å². The number of benzene rings is 4. The van der Waals surface area contributed by atoms with Crippen LogP contribution in [0, 0.1) is 11.6 Å². The van der Waals surface area contributed by atoms with E-state index in [4.69, 9.17) is 9.47 Å². The number of hydrogen-bond acceptors (Lipinski definition) is 6. The molecule has 0 unspecified atom stereocenters. The summed E-state index contributed by atoms with van der Waals surface area (Å²) in [4.78, 5) is 29.3. The summed E-state index contributed by atoms with van der Waals surface area (Å²) in [5.41, 5.74) is 0.907. The van der Waals surface area contributed by atoms with Crippen molar-refractivity contribution in [2.24, 2.45) is 0 Å². The monoisotopic (exact) mass is 677 g/mol. The highest BCUT2D eigenvalue weighted by Gasteiger charge is 2.35. The molecule has 4 aromatic rings. The average Bonchev–Trinajstić information content (AvgIpc) is 3.10. The zero-order chi connectivity index (χ0) is 34.1. The van der Waals surface area contributed by atoms with Gasteiger partial charge in [0.05, 0.1) is 10.6 Å². The summed E-state index contributed by atoms with van der Waals surface area (Å²) in [7, 11) is -4.48. The Bertz CT molecular complexity index is 1820. The van der Waals surface area contributed by atoms with Gasteiger partial charge in [0.1, 0.15) is 37.4 Å². The number of carbonyl (C=O) groups is 2. The molecule has 0 saturated heterocycles. The van der Waals surface area contributed by atoms with E-state index in [1.807, 2.05) is 25.1 Å². The molecular weight excluding hydrogens is 640 g/mol. The first-order valence-electron chi connectivity index (χ1n) is 15.7. The zero-order valence-corrected chi connectivity index (χ0v) is 27.3. The second-order valence-corrected chi connectivity index (χ2v) is 13.1. The van der Waals surface area contributed by atoms with Gasteiger partial charge in [-0.25, -0.2) is 17.2 Å². The van der Waals surface area contributed by atoms with E-state index in [1.54, 1.807) is 18.2 Å². The molecule has 48 heavy (non-hydrogen) atoms. The van der Waals surface area contributed by atoms with Gasteiger partial charge in [-0.05, 0) is 54.4 Å². The van der Waals surface area contributed by atoms with Crippen LogP contribution in [-0.4, -0.2) is 57.5 Å². The van der Waals surface area contributed by atoms with E-state index < -0.39 is 46.1 Å². The Hall–Kier alpha value is -4.97. The Balaban J connectivity index is 1.57. The molecule has 1 atom stereocenters. The number of ether oxygens (including phenoxy) is 2. The molecule has 0 saturated carbocycles. The molecule has 1 aliphatic heterocycles. The Labute approximate surface area is 279 Å². The molecule has 0 spiro atoms. The van der Waals surface area contributed by atoms with Crippen LogP contribution in [0.1, 0.15) is 30.9 Å². The molecule has 0 bridgehead atoms. The van der Waals surface area contributed by atoms with Crippen molar-refractivity contribution in [2.75, 3.05) is 30.6 Å². The van der Waals surface area contributed by atoms with Crippen LogP contribution in [0.15, 0.2) is 102 Å². The van der Waals surface area contributed by atoms with Crippen LogP contribution in [0.4, 0.5) is 14.5 Å². The first-order chi connectivity index (χ1) is 23.2. The summed E-state index contributed by atoms with van der Waals surface area (Å²) in [6.07, 6.45) is 1.62. The van der Waals surface area contributed by atoms with Crippen molar-refractivity contribution in [3.8, 4) is 11.5 Å². The van der Waals surface area contributed by atoms with Gasteiger partial charge in [-0.1, -0.05) is 61.9 Å². The highest BCUT2D eigenvalue weighted by molar-refractivity contribution is 7.92. The maximum atomic E-state index is 15.1. The normalized spacial score (nSPS) is 13.0. The van der Waals surface area contributed by atoms with E-state index in [9.17, 15) is 22.4 Å². The number of anilines is 1. The van der Waals surface area contributed by atoms with E-state index >= 15 is 4.39 Å². The smallest absolute Gasteiger partial charge is 0.264 e. The summed E-state index contributed by atoms with van der Waals surface area (Å²) in [6, 6.07) is 22.6. The van der Waals surface area contributed by atoms with E-state index in [2.05, 4.69) is 5.32 Å². The molecule has 4 aromatic carbocycles. The second-order valence-electron chi connectivity index (χ2n) is 11.3. The maximum absolute atomic E-state index is 15.1. The number of hydrogen-bond donors (Lipinski definition) is 1. The Kier molecular flexibility index (Phi) is 11.3. The summed E-state index contributed by atoms with van der Waals surface area (Å²) < 4.78 is 69.6. The molecular formula is C36H37F2N3O6S. The van der Waals surface area contributed by atoms with Crippen LogP contribution in [-0.2, 0) is 32.6 Å². The van der Waals surface area contributed by atoms with Crippen molar-refractivity contribution >= 4 is 27.5 Å². The lowest BCUT2D eigenvalue weighted by molar-refractivity contribution is -0.140. The quantitative estimate of drug-likeness (QED) is 0.177. The molecule has 1 heterocycles. The number of rotatable bonds is 14. The lowest BCUT2D eigenvalue weighted by atomic mass is 10.0. The van der Waals surface area contributed by atoms with E-state index in [0.717, 1.165) is 28.4 Å². The third kappa shape index (κ3) is 8.29. The van der Waals surface area contributed by atoms with Crippen molar-refractivity contribution in [1.82, 2.24) is 10.2 Å². The number of fused-ring (bicyclic) bond motifs is 1. The fourth-order valence-electron chi connectivity index (χ4n) is 5.32. The summed E-state index contributed by atoms with van der Waals surface area (Å²) in [5, 5.41) is 2.89. The maximum Gasteiger partial charge on any atom is 0.264 e. The second kappa shape index (κ2) is 15.7. The molecule has 2 amide bonds. The molecule has 0 aromatic heterocycles. The van der Waals surface area contributed by atoms with Crippen LogP contribution < -0.4 is 19.1 Å². The minimum atomic E-state index is -4.48. The van der Waals surface area contributed by atoms with Gasteiger partial charge in [0.25, 0.3) is 10.0 Å². The Morgan fingerprint density at radius 1 is 0.875 bits per heavy atom. The molecule has 12 heteroatoms. The fourth-order valence-corrected chi connectivity index (χ4v) is 6.75. The average molecular weight is 678 g/mol. The van der Waals surface area contributed by atoms with Gasteiger partial charge in [-0.3, -0.25) is 13.9 Å². The van der Waals surface area contributed by atoms with Crippen LogP contribution in [0.2, 0.25) is 0 Å². The summed E-state index contributed by atoms with van der Waals surface area (Å²) >= 11 is 0. The fraction of sp³-hybridized carbons (Fsp3) is 0.278. The van der Waals surface area contributed by atoms with Crippen LogP contribution in [0.25, 0.3) is 0 Å². The van der Waals surface area contributed by atoms with Gasteiger partial charge in [0.15, 0.2) is 11.5 Å². The number of nitrogens with zero attached hydrogens (tertiary/aromatic N) is 2. The highest BCUT2D eigenvalue weighted by Crippen LogP contribution is 2.34. The zero-order valence-electron chi connectivity index (χ0n) is 26.5. The Morgan fingerprint density at radius 3 is 2.27 bits per heavy atom. The number of unbranched alkanes of at least 4 members (excludes halogenated alkanes) is 1. The van der Waals surface area contributed by atoms with Crippen molar-refractivity contribution in [3.05, 3.63) is 120 Å². The molecule has 0 radical (unpaired) electrons. The van der Waals surface area contributed by atoms with Crippen molar-refractivity contribution in [3.63, 3.8) is 0 Å². The third-order valence-corrected chi connectivity index (χ3v) is 9.66. The Morgan fingerprint density at radius 2 is 1.56 bits per heavy atom. The van der Waals surface area contributed by atoms with Crippen molar-refractivity contribution in [1.29, 1.82) is 0 Å². The van der Waals surface area contributed by atoms with E-state index in [1.165, 1.54) is 53.4 Å². The first kappa shape index (κ1) is 34.4. The number of halogens is 2. The first-order valence-corrected chi connectivity index (χ1v) is 17.1. The molecule has 252 valence electrons. The van der Waals surface area contributed by atoms with Crippen LogP contribution in [0.3, 0.4) is 0 Å². The molecule has 5 rings (SSSR count). The molecule has 1 N–H and O–H groups in total. The SMILES string of the molecule is CCCCNC(=O)[C@H](Cc1ccccc1)N(Cc1ccccc1F)C(=O)CN(c1ccc(F)cc1)S(=O)(=O)c1ccc2c(c1)OCCO2. The van der Waals surface area contributed by atoms with Gasteiger partial charge in [-0.2, -0.15) is 0 Å². The standard InChI is InChI=1S/C36H37F2N3O6S/c1-2-3-19-39-36(43)32(22-26-9-5-4-6-10-26)40(24-27-11-7-8-12-31(27)38)35(42)25-41(29-15-13-28(37)14-16-29)48(44,45)30-17-18-33-34(23-30)47-21-20-46-33/h4-18,23,32H,2-3,19-22,24-25H2,1H3,(H,39,43)/t32-/m0/s1. The summed E-state index contributed by atoms with van der Waals surface area (Å²) in [6.45, 7) is 1.79. The topological polar surface area (TPSA) is 105 Å². The third-order valence-electron chi connectivity index (χ3n) is 7.89. The predicted molar refractivity (Wildman–Crippen MR) is 177 cm³/mol. The highest BCUT2D eigenvalue weighted by atomic mass is 32.2. The van der Waals surface area contributed by atoms with Gasteiger partial charge < -0.3 is 19.7 Å². The van der Waals surface area contributed by atoms with Gasteiger partial charge in [0.2, 0.25) is 11.8 Å². The number of nitrogens with one attached hydrogen (secondary N) is 1. The van der Waals surface area contributed by atoms with Crippen molar-refractivity contribution in [2.45, 2.75) is 43.7 Å². The number of sulfonamides is 1. The molecule has 1 aliphatic rings. The van der Waals surface area contributed by atoms with Gasteiger partial charge in [-0.15, -0.1) is 0 Å². The molecule has 9 nitrogen and oxygen atoms in total. The lowest BCUT2D eigenvalue weighted by Gasteiger charge is -2.34. The predicted octanol–water partition coefficient (Wildman–Crippen LogP) is 5.49. The minimum Gasteiger partial charge on any atom is -0.486 e. The van der Waals surface area contributed by atoms with E-state index in [-0.39, 0.29) is 41.5 Å². The molecule has 0 aliphatic carbocycles. The number of amides is 2. The summed E-state index contributed by atoms with van der Waals surface area (Å²) in [5.74, 6) is -1.82. The van der Waals surface area contributed by atoms with Gasteiger partial charge in [0, 0.05) is 31.1 Å². The van der Waals surface area contributed by atoms with Crippen LogP contribution in [0.5, 0.6) is 11.5 Å². The number of carbonyl (C=O) groups excluding carboxylic acids is 2. The lowest BCUT2D eigenvalue weighted by Crippen LogP contribution is -2.53. The minimum absolute atomic E-state index is 0.0116. The largest absolute Gasteiger partial charge is 0.486 e. The van der Waals surface area contributed by atoms with Gasteiger partial charge >= 0.3 is 0 Å². The molecule has 0 fully saturated rings. The van der Waals surface area contributed by atoms with Crippen molar-refractivity contribution < 1.29 is 36.3 Å². The van der Waals surface area contributed by atoms with Crippen LogP contribution >= 0.6 is 0 Å².